The van der Waals surface area contributed by atoms with Gasteiger partial charge in [0.25, 0.3) is 0 Å². The van der Waals surface area contributed by atoms with E-state index in [2.05, 4.69) is 29.3 Å². The molecule has 0 bridgehead atoms. The standard InChI is InChI=1S/C13H24N4O2.ClH/c1-9(2)7-13(4,8-14)16-11(18)5-6-12-15-10(3)17-19-12;/h9H,5-8,14H2,1-4H3,(H,16,18);1H. The van der Waals surface area contributed by atoms with Crippen LogP contribution in [-0.2, 0) is 11.2 Å². The van der Waals surface area contributed by atoms with Gasteiger partial charge in [-0.1, -0.05) is 19.0 Å². The summed E-state index contributed by atoms with van der Waals surface area (Å²) >= 11 is 0. The number of nitrogens with two attached hydrogens (primary N) is 1. The third-order valence-electron chi connectivity index (χ3n) is 2.89. The molecule has 20 heavy (non-hydrogen) atoms. The first-order valence-electron chi connectivity index (χ1n) is 6.65. The van der Waals surface area contributed by atoms with Crippen LogP contribution in [0.2, 0.25) is 0 Å². The topological polar surface area (TPSA) is 94.0 Å². The van der Waals surface area contributed by atoms with Crippen molar-refractivity contribution < 1.29 is 9.32 Å². The summed E-state index contributed by atoms with van der Waals surface area (Å²) in [6.45, 7) is 8.38. The molecule has 0 fully saturated rings. The van der Waals surface area contributed by atoms with Gasteiger partial charge in [-0.15, -0.1) is 12.4 Å². The highest BCUT2D eigenvalue weighted by molar-refractivity contribution is 5.85. The van der Waals surface area contributed by atoms with Crippen molar-refractivity contribution in [2.24, 2.45) is 11.7 Å². The zero-order chi connectivity index (χ0) is 14.5. The minimum Gasteiger partial charge on any atom is -0.350 e. The summed E-state index contributed by atoms with van der Waals surface area (Å²) in [5.74, 6) is 1.52. The van der Waals surface area contributed by atoms with Crippen molar-refractivity contribution in [1.29, 1.82) is 0 Å². The second-order valence-electron chi connectivity index (χ2n) is 5.65. The second-order valence-corrected chi connectivity index (χ2v) is 5.65. The molecule has 6 nitrogen and oxygen atoms in total. The fourth-order valence-corrected chi connectivity index (χ4v) is 2.15. The van der Waals surface area contributed by atoms with Gasteiger partial charge in [0.1, 0.15) is 0 Å². The maximum atomic E-state index is 11.9. The summed E-state index contributed by atoms with van der Waals surface area (Å²) in [5.41, 5.74) is 5.41. The van der Waals surface area contributed by atoms with E-state index < -0.39 is 0 Å². The maximum Gasteiger partial charge on any atom is 0.227 e. The maximum absolute atomic E-state index is 11.9. The predicted octanol–water partition coefficient (Wildman–Crippen LogP) is 1.61. The highest BCUT2D eigenvalue weighted by Gasteiger charge is 2.25. The summed E-state index contributed by atoms with van der Waals surface area (Å²) < 4.78 is 4.97. The lowest BCUT2D eigenvalue weighted by molar-refractivity contribution is -0.123. The molecule has 3 N–H and O–H groups in total. The average molecular weight is 305 g/mol. The van der Waals surface area contributed by atoms with Gasteiger partial charge in [0.15, 0.2) is 5.82 Å². The van der Waals surface area contributed by atoms with Crippen LogP contribution in [-0.4, -0.2) is 28.1 Å². The van der Waals surface area contributed by atoms with Crippen LogP contribution >= 0.6 is 12.4 Å². The highest BCUT2D eigenvalue weighted by atomic mass is 35.5. The van der Waals surface area contributed by atoms with E-state index in [1.807, 2.05) is 6.92 Å². The summed E-state index contributed by atoms with van der Waals surface area (Å²) in [6, 6.07) is 0. The zero-order valence-electron chi connectivity index (χ0n) is 12.6. The highest BCUT2D eigenvalue weighted by Crippen LogP contribution is 2.15. The lowest BCUT2D eigenvalue weighted by atomic mass is 9.90. The molecule has 0 radical (unpaired) electrons. The molecule has 1 unspecified atom stereocenters. The van der Waals surface area contributed by atoms with Crippen LogP contribution in [0.3, 0.4) is 0 Å². The number of nitrogens with one attached hydrogen (secondary N) is 1. The Kier molecular flexibility index (Phi) is 7.75. The van der Waals surface area contributed by atoms with E-state index >= 15 is 0 Å². The van der Waals surface area contributed by atoms with Gasteiger partial charge in [-0.25, -0.2) is 0 Å². The number of carbonyl (C=O) groups excluding carboxylic acids is 1. The van der Waals surface area contributed by atoms with Crippen LogP contribution in [0.25, 0.3) is 0 Å². The number of aromatic nitrogens is 2. The molecule has 0 saturated heterocycles. The van der Waals surface area contributed by atoms with Gasteiger partial charge < -0.3 is 15.6 Å². The Morgan fingerprint density at radius 3 is 2.60 bits per heavy atom. The van der Waals surface area contributed by atoms with Gasteiger partial charge in [-0.3, -0.25) is 4.79 Å². The monoisotopic (exact) mass is 304 g/mol. The summed E-state index contributed by atoms with van der Waals surface area (Å²) in [6.07, 6.45) is 1.64. The number of nitrogens with zero attached hydrogens (tertiary/aromatic N) is 2. The quantitative estimate of drug-likeness (QED) is 0.798. The zero-order valence-corrected chi connectivity index (χ0v) is 13.4. The second kappa shape index (κ2) is 8.21. The van der Waals surface area contributed by atoms with Gasteiger partial charge in [0, 0.05) is 24.9 Å². The molecular formula is C13H25ClN4O2. The molecule has 0 spiro atoms. The first-order chi connectivity index (χ1) is 8.84. The Balaban J connectivity index is 0.00000361. The van der Waals surface area contributed by atoms with Gasteiger partial charge in [0.2, 0.25) is 11.8 Å². The average Bonchev–Trinajstić information content (AvgIpc) is 2.71. The van der Waals surface area contributed by atoms with Crippen molar-refractivity contribution in [2.75, 3.05) is 6.54 Å². The molecule has 0 aliphatic rings. The number of amides is 1. The van der Waals surface area contributed by atoms with Gasteiger partial charge in [-0.2, -0.15) is 4.98 Å². The molecule has 1 aromatic heterocycles. The molecule has 1 aromatic rings. The van der Waals surface area contributed by atoms with Crippen LogP contribution in [0.1, 0.15) is 45.3 Å². The largest absolute Gasteiger partial charge is 0.350 e. The lowest BCUT2D eigenvalue weighted by Gasteiger charge is -2.31. The van der Waals surface area contributed by atoms with Gasteiger partial charge >= 0.3 is 0 Å². The molecular weight excluding hydrogens is 280 g/mol. The summed E-state index contributed by atoms with van der Waals surface area (Å²) in [7, 11) is 0. The lowest BCUT2D eigenvalue weighted by Crippen LogP contribution is -2.52. The summed E-state index contributed by atoms with van der Waals surface area (Å²) in [4.78, 5) is 16.0. The molecule has 1 amide bonds. The number of rotatable bonds is 7. The smallest absolute Gasteiger partial charge is 0.227 e. The predicted molar refractivity (Wildman–Crippen MR) is 79.7 cm³/mol. The van der Waals surface area contributed by atoms with E-state index in [0.717, 1.165) is 6.42 Å². The van der Waals surface area contributed by atoms with Crippen LogP contribution in [0, 0.1) is 12.8 Å². The van der Waals surface area contributed by atoms with Crippen molar-refractivity contribution in [3.8, 4) is 0 Å². The third kappa shape index (κ3) is 6.34. The van der Waals surface area contributed by atoms with Crippen molar-refractivity contribution >= 4 is 18.3 Å². The van der Waals surface area contributed by atoms with E-state index in [-0.39, 0.29) is 23.9 Å². The SMILES string of the molecule is Cc1noc(CCC(=O)NC(C)(CN)CC(C)C)n1.Cl. The number of hydrogen-bond acceptors (Lipinski definition) is 5. The fourth-order valence-electron chi connectivity index (χ4n) is 2.15. The third-order valence-corrected chi connectivity index (χ3v) is 2.89. The van der Waals surface area contributed by atoms with E-state index in [9.17, 15) is 4.79 Å². The molecule has 0 aromatic carbocycles. The minimum absolute atomic E-state index is 0. The molecule has 0 aliphatic carbocycles. The molecule has 0 aliphatic heterocycles. The van der Waals surface area contributed by atoms with Crippen molar-refractivity contribution in [2.45, 2.75) is 52.5 Å². The van der Waals surface area contributed by atoms with E-state index in [0.29, 0.717) is 37.0 Å². The number of carbonyl (C=O) groups is 1. The molecule has 1 rings (SSSR count). The van der Waals surface area contributed by atoms with E-state index in [1.54, 1.807) is 6.92 Å². The van der Waals surface area contributed by atoms with Crippen LogP contribution < -0.4 is 11.1 Å². The van der Waals surface area contributed by atoms with Crippen molar-refractivity contribution in [1.82, 2.24) is 15.5 Å². The van der Waals surface area contributed by atoms with Crippen molar-refractivity contribution in [3.05, 3.63) is 11.7 Å². The normalized spacial score (nSPS) is 13.7. The Hall–Kier alpha value is -1.14. The van der Waals surface area contributed by atoms with Crippen LogP contribution in [0.4, 0.5) is 0 Å². The Labute approximate surface area is 126 Å². The van der Waals surface area contributed by atoms with Gasteiger partial charge in [-0.05, 0) is 26.2 Å². The van der Waals surface area contributed by atoms with Gasteiger partial charge in [0.05, 0.1) is 0 Å². The first kappa shape index (κ1) is 18.9. The van der Waals surface area contributed by atoms with E-state index in [4.69, 9.17) is 10.3 Å². The molecule has 116 valence electrons. The number of aryl methyl sites for hydroxylation is 2. The van der Waals surface area contributed by atoms with Crippen molar-refractivity contribution in [3.63, 3.8) is 0 Å². The minimum atomic E-state index is -0.351. The first-order valence-corrected chi connectivity index (χ1v) is 6.65. The molecule has 7 heteroatoms. The Morgan fingerprint density at radius 1 is 1.50 bits per heavy atom. The molecule has 1 heterocycles. The Morgan fingerprint density at radius 2 is 2.15 bits per heavy atom. The Bertz CT molecular complexity index is 422. The summed E-state index contributed by atoms with van der Waals surface area (Å²) in [5, 5.41) is 6.68. The number of hydrogen-bond donors (Lipinski definition) is 2. The fraction of sp³-hybridized carbons (Fsp3) is 0.769. The molecule has 0 saturated carbocycles. The molecule has 1 atom stereocenters. The van der Waals surface area contributed by atoms with Crippen LogP contribution in [0.5, 0.6) is 0 Å². The van der Waals surface area contributed by atoms with Crippen LogP contribution in [0.15, 0.2) is 4.52 Å². The van der Waals surface area contributed by atoms with E-state index in [1.165, 1.54) is 0 Å². The number of halogens is 1.